The minimum absolute atomic E-state index is 0.0778. The summed E-state index contributed by atoms with van der Waals surface area (Å²) in [4.78, 5) is 15.2. The van der Waals surface area contributed by atoms with Crippen LogP contribution in [0.25, 0.3) is 5.65 Å². The number of piperidine rings is 1. The van der Waals surface area contributed by atoms with Gasteiger partial charge >= 0.3 is 0 Å². The molecule has 1 amide bonds. The van der Waals surface area contributed by atoms with Crippen LogP contribution in [0.3, 0.4) is 0 Å². The smallest absolute Gasteiger partial charge is 0.261 e. The van der Waals surface area contributed by atoms with Crippen molar-refractivity contribution in [2.45, 2.75) is 23.7 Å². The Kier molecular flexibility index (Phi) is 5.55. The first-order valence-electron chi connectivity index (χ1n) is 10.8. The Balaban J connectivity index is 1.29. The summed E-state index contributed by atoms with van der Waals surface area (Å²) in [5.74, 6) is 0.900. The van der Waals surface area contributed by atoms with Crippen molar-refractivity contribution in [1.82, 2.24) is 19.5 Å². The molecule has 0 bridgehead atoms. The number of benzene rings is 2. The van der Waals surface area contributed by atoms with Crippen molar-refractivity contribution in [1.29, 1.82) is 0 Å². The van der Waals surface area contributed by atoms with E-state index in [1.807, 2.05) is 33.7 Å². The number of fused-ring (bicyclic) bond motifs is 1. The molecule has 8 nitrogen and oxygen atoms in total. The average molecular weight is 462 g/mol. The van der Waals surface area contributed by atoms with Gasteiger partial charge in [-0.2, -0.15) is 0 Å². The number of pyridine rings is 1. The van der Waals surface area contributed by atoms with E-state index in [9.17, 15) is 13.2 Å². The first-order valence-corrected chi connectivity index (χ1v) is 12.3. The largest absolute Gasteiger partial charge is 0.338 e. The maximum atomic E-state index is 13.1. The zero-order chi connectivity index (χ0) is 22.8. The fourth-order valence-corrected chi connectivity index (χ4v) is 5.27. The lowest BCUT2D eigenvalue weighted by Crippen LogP contribution is -2.39. The van der Waals surface area contributed by atoms with Gasteiger partial charge < -0.3 is 4.90 Å². The molecular weight excluding hydrogens is 438 g/mol. The summed E-state index contributed by atoms with van der Waals surface area (Å²) in [6.45, 7) is 1.24. The summed E-state index contributed by atoms with van der Waals surface area (Å²) in [5.41, 5.74) is 1.72. The highest BCUT2D eigenvalue weighted by atomic mass is 32.2. The van der Waals surface area contributed by atoms with Crippen LogP contribution in [-0.4, -0.2) is 46.9 Å². The van der Waals surface area contributed by atoms with Crippen molar-refractivity contribution < 1.29 is 13.2 Å². The van der Waals surface area contributed by atoms with E-state index in [1.165, 1.54) is 12.1 Å². The maximum Gasteiger partial charge on any atom is 0.261 e. The Morgan fingerprint density at radius 2 is 1.70 bits per heavy atom. The number of amides is 1. The highest BCUT2D eigenvalue weighted by Gasteiger charge is 2.28. The van der Waals surface area contributed by atoms with Crippen LogP contribution in [0.4, 0.5) is 5.69 Å². The van der Waals surface area contributed by atoms with Crippen LogP contribution in [0.5, 0.6) is 0 Å². The van der Waals surface area contributed by atoms with Gasteiger partial charge in [0, 0.05) is 36.5 Å². The SMILES string of the molecule is O=C(c1ccc(NS(=O)(=O)c2ccccc2)cc1)N1CCCC(c2nnc3ccccn23)C1. The standard InChI is InChI=1S/C24H23N5O3S/c30-24(18-11-13-20(14-12-18)27-33(31,32)21-8-2-1-3-9-21)28-15-6-7-19(17-28)23-26-25-22-10-4-5-16-29(22)23/h1-5,8-14,16,19,27H,6-7,15,17H2. The molecule has 33 heavy (non-hydrogen) atoms. The van der Waals surface area contributed by atoms with Gasteiger partial charge in [0.2, 0.25) is 0 Å². The highest BCUT2D eigenvalue weighted by molar-refractivity contribution is 7.92. The molecule has 1 aliphatic rings. The van der Waals surface area contributed by atoms with E-state index in [-0.39, 0.29) is 16.7 Å². The van der Waals surface area contributed by atoms with Gasteiger partial charge in [0.1, 0.15) is 5.82 Å². The number of rotatable bonds is 5. The number of hydrogen-bond donors (Lipinski definition) is 1. The minimum Gasteiger partial charge on any atom is -0.338 e. The van der Waals surface area contributed by atoms with Crippen molar-refractivity contribution in [2.24, 2.45) is 0 Å². The number of sulfonamides is 1. The van der Waals surface area contributed by atoms with Crippen molar-refractivity contribution in [3.05, 3.63) is 90.4 Å². The predicted molar refractivity (Wildman–Crippen MR) is 125 cm³/mol. The lowest BCUT2D eigenvalue weighted by atomic mass is 9.96. The fraction of sp³-hybridized carbons (Fsp3) is 0.208. The normalized spacial score (nSPS) is 16.6. The molecule has 4 aromatic rings. The summed E-state index contributed by atoms with van der Waals surface area (Å²) in [7, 11) is -3.68. The number of nitrogens with zero attached hydrogens (tertiary/aromatic N) is 4. The number of carbonyl (C=O) groups is 1. The van der Waals surface area contributed by atoms with E-state index in [0.29, 0.717) is 24.3 Å². The Morgan fingerprint density at radius 3 is 2.48 bits per heavy atom. The molecule has 0 saturated carbocycles. The van der Waals surface area contributed by atoms with E-state index < -0.39 is 10.0 Å². The first kappa shape index (κ1) is 21.1. The van der Waals surface area contributed by atoms with Gasteiger partial charge in [-0.05, 0) is 61.4 Å². The minimum atomic E-state index is -3.68. The maximum absolute atomic E-state index is 13.1. The molecule has 1 N–H and O–H groups in total. The number of nitrogens with one attached hydrogen (secondary N) is 1. The van der Waals surface area contributed by atoms with Crippen molar-refractivity contribution in [3.63, 3.8) is 0 Å². The van der Waals surface area contributed by atoms with Crippen LogP contribution in [0.1, 0.15) is 34.9 Å². The molecule has 0 spiro atoms. The molecule has 1 aliphatic heterocycles. The van der Waals surface area contributed by atoms with E-state index in [0.717, 1.165) is 24.3 Å². The van der Waals surface area contributed by atoms with Gasteiger partial charge in [-0.1, -0.05) is 24.3 Å². The number of aromatic nitrogens is 3. The monoisotopic (exact) mass is 461 g/mol. The molecule has 3 heterocycles. The van der Waals surface area contributed by atoms with Gasteiger partial charge in [0.05, 0.1) is 4.90 Å². The van der Waals surface area contributed by atoms with Crippen molar-refractivity contribution >= 4 is 27.3 Å². The van der Waals surface area contributed by atoms with Gasteiger partial charge in [-0.25, -0.2) is 8.42 Å². The third-order valence-corrected chi connectivity index (χ3v) is 7.25. The molecule has 5 rings (SSSR count). The summed E-state index contributed by atoms with van der Waals surface area (Å²) in [5, 5.41) is 8.60. The van der Waals surface area contributed by atoms with Crippen LogP contribution < -0.4 is 4.72 Å². The van der Waals surface area contributed by atoms with E-state index in [4.69, 9.17) is 0 Å². The Bertz CT molecular complexity index is 1380. The molecule has 1 fully saturated rings. The molecule has 2 aromatic heterocycles. The zero-order valence-corrected chi connectivity index (χ0v) is 18.6. The summed E-state index contributed by atoms with van der Waals surface area (Å²) < 4.78 is 29.6. The van der Waals surface area contributed by atoms with E-state index >= 15 is 0 Å². The second kappa shape index (κ2) is 8.67. The number of carbonyl (C=O) groups excluding carboxylic acids is 1. The summed E-state index contributed by atoms with van der Waals surface area (Å²) in [6.07, 6.45) is 3.77. The molecule has 9 heteroatoms. The topological polar surface area (TPSA) is 96.7 Å². The fourth-order valence-electron chi connectivity index (χ4n) is 4.19. The summed E-state index contributed by atoms with van der Waals surface area (Å²) >= 11 is 0. The van der Waals surface area contributed by atoms with Gasteiger partial charge in [0.25, 0.3) is 15.9 Å². The molecule has 2 aromatic carbocycles. The van der Waals surface area contributed by atoms with Crippen LogP contribution in [-0.2, 0) is 10.0 Å². The quantitative estimate of drug-likeness (QED) is 0.490. The van der Waals surface area contributed by atoms with E-state index in [2.05, 4.69) is 14.9 Å². The zero-order valence-electron chi connectivity index (χ0n) is 17.8. The number of anilines is 1. The van der Waals surface area contributed by atoms with Gasteiger partial charge in [-0.15, -0.1) is 10.2 Å². The Labute approximate surface area is 191 Å². The van der Waals surface area contributed by atoms with Gasteiger partial charge in [0.15, 0.2) is 5.65 Å². The molecular formula is C24H23N5O3S. The lowest BCUT2D eigenvalue weighted by Gasteiger charge is -2.32. The molecule has 1 unspecified atom stereocenters. The lowest BCUT2D eigenvalue weighted by molar-refractivity contribution is 0.0704. The average Bonchev–Trinajstić information content (AvgIpc) is 3.29. The molecule has 0 radical (unpaired) electrons. The Hall–Kier alpha value is -3.72. The second-order valence-electron chi connectivity index (χ2n) is 8.07. The molecule has 1 atom stereocenters. The number of likely N-dealkylation sites (tertiary alicyclic amines) is 1. The first-order chi connectivity index (χ1) is 16.0. The van der Waals surface area contributed by atoms with Crippen LogP contribution >= 0.6 is 0 Å². The van der Waals surface area contributed by atoms with Crippen LogP contribution in [0, 0.1) is 0 Å². The third-order valence-electron chi connectivity index (χ3n) is 5.85. The van der Waals surface area contributed by atoms with Gasteiger partial charge in [-0.3, -0.25) is 13.9 Å². The van der Waals surface area contributed by atoms with Crippen LogP contribution in [0.15, 0.2) is 83.9 Å². The predicted octanol–water partition coefficient (Wildman–Crippen LogP) is 3.55. The van der Waals surface area contributed by atoms with Crippen molar-refractivity contribution in [3.8, 4) is 0 Å². The summed E-state index contributed by atoms with van der Waals surface area (Å²) in [6, 6.07) is 20.5. The van der Waals surface area contributed by atoms with Crippen molar-refractivity contribution in [2.75, 3.05) is 17.8 Å². The highest BCUT2D eigenvalue weighted by Crippen LogP contribution is 2.27. The molecule has 168 valence electrons. The molecule has 1 saturated heterocycles. The second-order valence-corrected chi connectivity index (χ2v) is 9.76. The number of hydrogen-bond acceptors (Lipinski definition) is 5. The van der Waals surface area contributed by atoms with E-state index in [1.54, 1.807) is 42.5 Å². The third kappa shape index (κ3) is 4.31. The molecule has 0 aliphatic carbocycles. The Morgan fingerprint density at radius 1 is 0.939 bits per heavy atom. The van der Waals surface area contributed by atoms with Crippen LogP contribution in [0.2, 0.25) is 0 Å².